The van der Waals surface area contributed by atoms with E-state index in [1.807, 2.05) is 7.05 Å². The minimum Gasteiger partial charge on any atom is -0.366 e. The third-order valence-electron chi connectivity index (χ3n) is 3.55. The molecule has 2 N–H and O–H groups in total. The first-order chi connectivity index (χ1) is 9.32. The number of piperazine rings is 1. The monoisotopic (exact) mass is 297 g/mol. The van der Waals surface area contributed by atoms with E-state index in [-0.39, 0.29) is 10.5 Å². The van der Waals surface area contributed by atoms with Gasteiger partial charge < -0.3 is 10.6 Å². The Kier molecular flexibility index (Phi) is 4.12. The molecule has 1 aliphatic rings. The lowest BCUT2D eigenvalue weighted by molar-refractivity contribution is 0.1000. The molecule has 1 saturated heterocycles. The van der Waals surface area contributed by atoms with Gasteiger partial charge in [0.15, 0.2) is 0 Å². The Bertz CT molecular complexity index is 620. The second kappa shape index (κ2) is 5.51. The van der Waals surface area contributed by atoms with Crippen LogP contribution in [-0.2, 0) is 10.0 Å². The van der Waals surface area contributed by atoms with E-state index < -0.39 is 15.9 Å². The van der Waals surface area contributed by atoms with E-state index in [1.165, 1.54) is 10.4 Å². The number of benzene rings is 1. The van der Waals surface area contributed by atoms with Crippen molar-refractivity contribution in [3.63, 3.8) is 0 Å². The van der Waals surface area contributed by atoms with Crippen LogP contribution in [0.5, 0.6) is 0 Å². The number of primary amides is 1. The Labute approximate surface area is 119 Å². The average Bonchev–Trinajstić information content (AvgIpc) is 2.39. The lowest BCUT2D eigenvalue weighted by atomic mass is 10.1. The van der Waals surface area contributed by atoms with Crippen molar-refractivity contribution >= 4 is 15.9 Å². The topological polar surface area (TPSA) is 83.7 Å². The van der Waals surface area contributed by atoms with Crippen molar-refractivity contribution in [2.45, 2.75) is 11.8 Å². The molecule has 0 saturated carbocycles. The van der Waals surface area contributed by atoms with E-state index in [0.29, 0.717) is 31.7 Å². The van der Waals surface area contributed by atoms with E-state index in [4.69, 9.17) is 5.73 Å². The highest BCUT2D eigenvalue weighted by Gasteiger charge is 2.29. The number of aryl methyl sites for hydroxylation is 1. The van der Waals surface area contributed by atoms with E-state index in [1.54, 1.807) is 19.1 Å². The molecule has 0 aliphatic carbocycles. The summed E-state index contributed by atoms with van der Waals surface area (Å²) >= 11 is 0. The number of likely N-dealkylation sites (N-methyl/N-ethyl adjacent to an activating group) is 1. The van der Waals surface area contributed by atoms with Crippen LogP contribution in [-0.4, -0.2) is 56.8 Å². The van der Waals surface area contributed by atoms with Gasteiger partial charge in [0.1, 0.15) is 0 Å². The standard InChI is InChI=1S/C13H19N3O3S/c1-10-3-4-11(13(14)17)9-12(10)20(18,19)16-7-5-15(2)6-8-16/h3-4,9H,5-8H2,1-2H3,(H2,14,17). The summed E-state index contributed by atoms with van der Waals surface area (Å²) in [6, 6.07) is 4.52. The summed E-state index contributed by atoms with van der Waals surface area (Å²) in [5.41, 5.74) is 6.05. The number of nitrogens with zero attached hydrogens (tertiary/aromatic N) is 2. The van der Waals surface area contributed by atoms with Gasteiger partial charge in [-0.2, -0.15) is 4.31 Å². The van der Waals surface area contributed by atoms with Crippen molar-refractivity contribution in [1.29, 1.82) is 0 Å². The third kappa shape index (κ3) is 2.84. The molecule has 0 bridgehead atoms. The maximum Gasteiger partial charge on any atom is 0.248 e. The summed E-state index contributed by atoms with van der Waals surface area (Å²) in [6.45, 7) is 4.04. The first-order valence-corrected chi connectivity index (χ1v) is 7.85. The molecular formula is C13H19N3O3S. The van der Waals surface area contributed by atoms with Gasteiger partial charge in [0, 0.05) is 31.7 Å². The van der Waals surface area contributed by atoms with E-state index in [0.717, 1.165) is 0 Å². The summed E-state index contributed by atoms with van der Waals surface area (Å²) in [5.74, 6) is -0.625. The van der Waals surface area contributed by atoms with Crippen molar-refractivity contribution < 1.29 is 13.2 Å². The Morgan fingerprint density at radius 2 is 1.80 bits per heavy atom. The fourth-order valence-corrected chi connectivity index (χ4v) is 3.87. The predicted octanol–water partition coefficient (Wildman–Crippen LogP) is 0.0300. The maximum atomic E-state index is 12.6. The summed E-state index contributed by atoms with van der Waals surface area (Å²) in [5, 5.41) is 0. The molecule has 1 fully saturated rings. The van der Waals surface area contributed by atoms with Crippen molar-refractivity contribution in [2.75, 3.05) is 33.2 Å². The molecule has 1 aliphatic heterocycles. The molecule has 0 radical (unpaired) electrons. The summed E-state index contributed by atoms with van der Waals surface area (Å²) in [4.78, 5) is 13.5. The smallest absolute Gasteiger partial charge is 0.248 e. The van der Waals surface area contributed by atoms with Crippen molar-refractivity contribution in [1.82, 2.24) is 9.21 Å². The first kappa shape index (κ1) is 15.0. The molecule has 2 rings (SSSR count). The highest BCUT2D eigenvalue weighted by atomic mass is 32.2. The predicted molar refractivity (Wildman–Crippen MR) is 76.0 cm³/mol. The largest absolute Gasteiger partial charge is 0.366 e. The fraction of sp³-hybridized carbons (Fsp3) is 0.462. The molecule has 110 valence electrons. The zero-order chi connectivity index (χ0) is 14.9. The molecule has 0 spiro atoms. The molecular weight excluding hydrogens is 278 g/mol. The number of hydrogen-bond acceptors (Lipinski definition) is 4. The quantitative estimate of drug-likeness (QED) is 0.853. The van der Waals surface area contributed by atoms with E-state index >= 15 is 0 Å². The molecule has 1 aromatic carbocycles. The normalized spacial score (nSPS) is 18.1. The highest BCUT2D eigenvalue weighted by molar-refractivity contribution is 7.89. The number of rotatable bonds is 3. The Balaban J connectivity index is 2.38. The van der Waals surface area contributed by atoms with Gasteiger partial charge in [-0.05, 0) is 31.7 Å². The number of carbonyl (C=O) groups is 1. The van der Waals surface area contributed by atoms with Gasteiger partial charge >= 0.3 is 0 Å². The summed E-state index contributed by atoms with van der Waals surface area (Å²) in [7, 11) is -1.61. The maximum absolute atomic E-state index is 12.6. The van der Waals surface area contributed by atoms with Crippen LogP contribution in [0, 0.1) is 6.92 Å². The first-order valence-electron chi connectivity index (χ1n) is 6.41. The Morgan fingerprint density at radius 1 is 1.20 bits per heavy atom. The Hall–Kier alpha value is -1.44. The van der Waals surface area contributed by atoms with Crippen LogP contribution >= 0.6 is 0 Å². The molecule has 7 heteroatoms. The van der Waals surface area contributed by atoms with E-state index in [9.17, 15) is 13.2 Å². The number of amides is 1. The number of carbonyl (C=O) groups excluding carboxylic acids is 1. The molecule has 0 atom stereocenters. The molecule has 0 unspecified atom stereocenters. The SMILES string of the molecule is Cc1ccc(C(N)=O)cc1S(=O)(=O)N1CCN(C)CC1. The highest BCUT2D eigenvalue weighted by Crippen LogP contribution is 2.22. The number of nitrogens with two attached hydrogens (primary N) is 1. The van der Waals surface area contributed by atoms with Crippen LogP contribution in [0.15, 0.2) is 23.1 Å². The van der Waals surface area contributed by atoms with Gasteiger partial charge in [0.05, 0.1) is 4.90 Å². The van der Waals surface area contributed by atoms with Crippen LogP contribution in [0.4, 0.5) is 0 Å². The minimum absolute atomic E-state index is 0.165. The fourth-order valence-electron chi connectivity index (χ4n) is 2.20. The van der Waals surface area contributed by atoms with Gasteiger partial charge in [-0.3, -0.25) is 4.79 Å². The summed E-state index contributed by atoms with van der Waals surface area (Å²) in [6.07, 6.45) is 0. The molecule has 6 nitrogen and oxygen atoms in total. The van der Waals surface area contributed by atoms with Crippen LogP contribution in [0.3, 0.4) is 0 Å². The lowest BCUT2D eigenvalue weighted by Crippen LogP contribution is -2.47. The molecule has 1 aromatic rings. The third-order valence-corrected chi connectivity index (χ3v) is 5.59. The van der Waals surface area contributed by atoms with Crippen LogP contribution in [0.1, 0.15) is 15.9 Å². The average molecular weight is 297 g/mol. The van der Waals surface area contributed by atoms with Crippen molar-refractivity contribution in [3.8, 4) is 0 Å². The van der Waals surface area contributed by atoms with Crippen LogP contribution in [0.25, 0.3) is 0 Å². The minimum atomic E-state index is -3.57. The molecule has 0 aromatic heterocycles. The van der Waals surface area contributed by atoms with Crippen molar-refractivity contribution in [3.05, 3.63) is 29.3 Å². The van der Waals surface area contributed by atoms with Gasteiger partial charge in [-0.15, -0.1) is 0 Å². The molecule has 20 heavy (non-hydrogen) atoms. The number of hydrogen-bond donors (Lipinski definition) is 1. The molecule has 1 heterocycles. The summed E-state index contributed by atoms with van der Waals surface area (Å²) < 4.78 is 26.7. The van der Waals surface area contributed by atoms with Crippen LogP contribution < -0.4 is 5.73 Å². The Morgan fingerprint density at radius 3 is 2.35 bits per heavy atom. The van der Waals surface area contributed by atoms with Gasteiger partial charge in [-0.1, -0.05) is 6.07 Å². The molecule has 1 amide bonds. The van der Waals surface area contributed by atoms with Gasteiger partial charge in [0.25, 0.3) is 0 Å². The van der Waals surface area contributed by atoms with Gasteiger partial charge in [0.2, 0.25) is 15.9 Å². The van der Waals surface area contributed by atoms with E-state index in [2.05, 4.69) is 4.90 Å². The lowest BCUT2D eigenvalue weighted by Gasteiger charge is -2.31. The zero-order valence-corrected chi connectivity index (χ0v) is 12.5. The van der Waals surface area contributed by atoms with Gasteiger partial charge in [-0.25, -0.2) is 8.42 Å². The second-order valence-corrected chi connectivity index (χ2v) is 6.96. The number of sulfonamides is 1. The van der Waals surface area contributed by atoms with Crippen LogP contribution in [0.2, 0.25) is 0 Å². The zero-order valence-electron chi connectivity index (χ0n) is 11.7. The second-order valence-electron chi connectivity index (χ2n) is 5.05. The van der Waals surface area contributed by atoms with Crippen molar-refractivity contribution in [2.24, 2.45) is 5.73 Å².